The van der Waals surface area contributed by atoms with Crippen LogP contribution in [-0.4, -0.2) is 46.6 Å². The number of thioether (sulfide) groups is 1. The summed E-state index contributed by atoms with van der Waals surface area (Å²) in [6.07, 6.45) is 3.08. The second-order valence-electron chi connectivity index (χ2n) is 7.08. The number of carbonyl (C=O) groups is 2. The first-order chi connectivity index (χ1) is 16.8. The van der Waals surface area contributed by atoms with E-state index in [2.05, 4.69) is 20.8 Å². The molecule has 0 bridgehead atoms. The molecule has 12 heteroatoms. The number of nitrogens with zero attached hydrogens (tertiary/aromatic N) is 3. The van der Waals surface area contributed by atoms with E-state index in [1.807, 2.05) is 6.07 Å². The van der Waals surface area contributed by atoms with E-state index in [0.29, 0.717) is 38.2 Å². The van der Waals surface area contributed by atoms with Crippen LogP contribution in [0.5, 0.6) is 11.5 Å². The lowest BCUT2D eigenvalue weighted by atomic mass is 10.2. The van der Waals surface area contributed by atoms with Gasteiger partial charge in [0.15, 0.2) is 22.5 Å². The molecule has 35 heavy (non-hydrogen) atoms. The van der Waals surface area contributed by atoms with Crippen LogP contribution >= 0.6 is 35.0 Å². The molecule has 9 nitrogen and oxygen atoms in total. The van der Waals surface area contributed by atoms with Gasteiger partial charge < -0.3 is 24.7 Å². The highest BCUT2D eigenvalue weighted by molar-refractivity contribution is 7.99. The molecule has 3 rings (SSSR count). The maximum atomic E-state index is 12.3. The number of carbonyl (C=O) groups excluding carboxylic acids is 2. The summed E-state index contributed by atoms with van der Waals surface area (Å²) in [6, 6.07) is 10.2. The Hall–Kier alpha value is -3.21. The number of methoxy groups -OCH3 is 2. The third-order valence-corrected chi connectivity index (χ3v) is 6.30. The van der Waals surface area contributed by atoms with Crippen molar-refractivity contribution in [1.29, 1.82) is 0 Å². The summed E-state index contributed by atoms with van der Waals surface area (Å²) in [5.41, 5.74) is 1.22. The Morgan fingerprint density at radius 1 is 1.09 bits per heavy atom. The fraction of sp³-hybridized carbons (Fsp3) is 0.217. The largest absolute Gasteiger partial charge is 0.493 e. The van der Waals surface area contributed by atoms with E-state index >= 15 is 0 Å². The van der Waals surface area contributed by atoms with Gasteiger partial charge in [-0.1, -0.05) is 41.0 Å². The van der Waals surface area contributed by atoms with E-state index in [1.54, 1.807) is 62.2 Å². The second kappa shape index (κ2) is 12.5. The predicted molar refractivity (Wildman–Crippen MR) is 137 cm³/mol. The zero-order chi connectivity index (χ0) is 25.4. The third kappa shape index (κ3) is 7.38. The first-order valence-electron chi connectivity index (χ1n) is 10.2. The number of hydrogen-bond acceptors (Lipinski definition) is 7. The smallest absolute Gasteiger partial charge is 0.244 e. The molecule has 0 radical (unpaired) electrons. The summed E-state index contributed by atoms with van der Waals surface area (Å²) in [6.45, 7) is 0.170. The van der Waals surface area contributed by atoms with Gasteiger partial charge >= 0.3 is 0 Å². The highest BCUT2D eigenvalue weighted by Crippen LogP contribution is 2.28. The molecule has 0 saturated carbocycles. The summed E-state index contributed by atoms with van der Waals surface area (Å²) in [4.78, 5) is 24.5. The van der Waals surface area contributed by atoms with Crippen LogP contribution in [0.25, 0.3) is 6.08 Å². The summed E-state index contributed by atoms with van der Waals surface area (Å²) in [5.74, 6) is 1.25. The average molecular weight is 536 g/mol. The van der Waals surface area contributed by atoms with Gasteiger partial charge in [-0.25, -0.2) is 0 Å². The SMILES string of the molecule is COc1ccc(/C=C/C(=O)NCc2nnc(SCC(=O)Nc3cc(Cl)ccc3Cl)n2C)cc1OC. The quantitative estimate of drug-likeness (QED) is 0.296. The number of amides is 2. The van der Waals surface area contributed by atoms with Crippen molar-refractivity contribution >= 4 is 58.5 Å². The van der Waals surface area contributed by atoms with Gasteiger partial charge in [-0.15, -0.1) is 10.2 Å². The van der Waals surface area contributed by atoms with Crippen LogP contribution in [0.4, 0.5) is 5.69 Å². The van der Waals surface area contributed by atoms with E-state index < -0.39 is 0 Å². The van der Waals surface area contributed by atoms with Gasteiger partial charge in [-0.2, -0.15) is 0 Å². The Morgan fingerprint density at radius 2 is 1.86 bits per heavy atom. The van der Waals surface area contributed by atoms with Crippen LogP contribution in [-0.2, 0) is 23.2 Å². The molecule has 0 unspecified atom stereocenters. The molecule has 2 amide bonds. The van der Waals surface area contributed by atoms with Crippen LogP contribution < -0.4 is 20.1 Å². The lowest BCUT2D eigenvalue weighted by Crippen LogP contribution is -2.22. The molecule has 0 fully saturated rings. The normalized spacial score (nSPS) is 10.9. The molecule has 184 valence electrons. The van der Waals surface area contributed by atoms with Crippen molar-refractivity contribution in [2.45, 2.75) is 11.7 Å². The maximum absolute atomic E-state index is 12.3. The van der Waals surface area contributed by atoms with Crippen molar-refractivity contribution < 1.29 is 19.1 Å². The monoisotopic (exact) mass is 535 g/mol. The van der Waals surface area contributed by atoms with E-state index in [-0.39, 0.29) is 24.1 Å². The first-order valence-corrected chi connectivity index (χ1v) is 12.0. The molecule has 1 aromatic heterocycles. The fourth-order valence-electron chi connectivity index (χ4n) is 2.89. The Kier molecular flexibility index (Phi) is 9.41. The molecule has 1 heterocycles. The van der Waals surface area contributed by atoms with Crippen LogP contribution in [0, 0.1) is 0 Å². The van der Waals surface area contributed by atoms with Gasteiger partial charge in [0.05, 0.1) is 37.2 Å². The molecule has 2 N–H and O–H groups in total. The first kappa shape index (κ1) is 26.4. The molecule has 0 saturated heterocycles. The van der Waals surface area contributed by atoms with Crippen molar-refractivity contribution in [3.63, 3.8) is 0 Å². The number of aromatic nitrogens is 3. The number of halogens is 2. The molecule has 0 aliphatic rings. The van der Waals surface area contributed by atoms with Crippen molar-refractivity contribution in [3.05, 3.63) is 63.9 Å². The van der Waals surface area contributed by atoms with E-state index in [1.165, 1.54) is 17.8 Å². The maximum Gasteiger partial charge on any atom is 0.244 e. The minimum Gasteiger partial charge on any atom is -0.493 e. The third-order valence-electron chi connectivity index (χ3n) is 4.72. The Balaban J connectivity index is 1.51. The summed E-state index contributed by atoms with van der Waals surface area (Å²) in [5, 5.41) is 15.0. The standard InChI is InChI=1S/C23H23Cl2N5O4S/c1-30-20(12-26-21(31)9-5-14-4-8-18(33-2)19(10-14)34-3)28-29-23(30)35-13-22(32)27-17-11-15(24)6-7-16(17)25/h4-11H,12-13H2,1-3H3,(H,26,31)(H,27,32)/b9-5+. The number of benzene rings is 2. The zero-order valence-corrected chi connectivity index (χ0v) is 21.5. The van der Waals surface area contributed by atoms with Gasteiger partial charge in [0.1, 0.15) is 0 Å². The lowest BCUT2D eigenvalue weighted by molar-refractivity contribution is -0.116. The minimum atomic E-state index is -0.297. The van der Waals surface area contributed by atoms with Gasteiger partial charge in [0.2, 0.25) is 11.8 Å². The van der Waals surface area contributed by atoms with Crippen molar-refractivity contribution in [2.24, 2.45) is 7.05 Å². The summed E-state index contributed by atoms with van der Waals surface area (Å²) < 4.78 is 12.2. The van der Waals surface area contributed by atoms with E-state index in [0.717, 1.165) is 5.56 Å². The van der Waals surface area contributed by atoms with E-state index in [4.69, 9.17) is 32.7 Å². The number of ether oxygens (including phenoxy) is 2. The Bertz CT molecular complexity index is 1250. The van der Waals surface area contributed by atoms with Gasteiger partial charge in [0.25, 0.3) is 0 Å². The lowest BCUT2D eigenvalue weighted by Gasteiger charge is -2.08. The number of nitrogens with one attached hydrogen (secondary N) is 2. The number of anilines is 1. The summed E-state index contributed by atoms with van der Waals surface area (Å²) in [7, 11) is 4.87. The average Bonchev–Trinajstić information content (AvgIpc) is 3.21. The minimum absolute atomic E-state index is 0.0925. The zero-order valence-electron chi connectivity index (χ0n) is 19.2. The highest BCUT2D eigenvalue weighted by atomic mass is 35.5. The molecule has 0 aliphatic heterocycles. The molecule has 0 atom stereocenters. The molecule has 3 aromatic rings. The molecular weight excluding hydrogens is 513 g/mol. The Labute approximate surface area is 216 Å². The Morgan fingerprint density at radius 3 is 2.60 bits per heavy atom. The van der Waals surface area contributed by atoms with Crippen molar-refractivity contribution in [3.8, 4) is 11.5 Å². The van der Waals surface area contributed by atoms with Crippen LogP contribution in [0.2, 0.25) is 10.0 Å². The topological polar surface area (TPSA) is 107 Å². The van der Waals surface area contributed by atoms with Crippen molar-refractivity contribution in [2.75, 3.05) is 25.3 Å². The predicted octanol–water partition coefficient (Wildman–Crippen LogP) is 4.20. The molecule has 2 aromatic carbocycles. The van der Waals surface area contributed by atoms with Gasteiger partial charge in [-0.3, -0.25) is 9.59 Å². The number of hydrogen-bond donors (Lipinski definition) is 2. The van der Waals surface area contributed by atoms with Crippen LogP contribution in [0.1, 0.15) is 11.4 Å². The number of rotatable bonds is 10. The molecule has 0 aliphatic carbocycles. The molecular formula is C23H23Cl2N5O4S. The van der Waals surface area contributed by atoms with Crippen LogP contribution in [0.15, 0.2) is 47.6 Å². The summed E-state index contributed by atoms with van der Waals surface area (Å²) >= 11 is 13.2. The second-order valence-corrected chi connectivity index (χ2v) is 8.87. The van der Waals surface area contributed by atoms with Crippen LogP contribution in [0.3, 0.4) is 0 Å². The molecule has 0 spiro atoms. The van der Waals surface area contributed by atoms with E-state index in [9.17, 15) is 9.59 Å². The van der Waals surface area contributed by atoms with Gasteiger partial charge in [-0.05, 0) is 42.0 Å². The van der Waals surface area contributed by atoms with Crippen molar-refractivity contribution in [1.82, 2.24) is 20.1 Å². The fourth-order valence-corrected chi connectivity index (χ4v) is 3.95. The highest BCUT2D eigenvalue weighted by Gasteiger charge is 2.13. The van der Waals surface area contributed by atoms with Gasteiger partial charge in [0, 0.05) is 18.1 Å².